The summed E-state index contributed by atoms with van der Waals surface area (Å²) in [6.07, 6.45) is 8.05. The van der Waals surface area contributed by atoms with Crippen molar-refractivity contribution in [3.63, 3.8) is 0 Å². The molecular formula is C17H18N6O. The van der Waals surface area contributed by atoms with Crippen LogP contribution in [0.3, 0.4) is 0 Å². The molecule has 0 saturated carbocycles. The number of nitrogens with zero attached hydrogens (tertiary/aromatic N) is 4. The molecule has 0 radical (unpaired) electrons. The van der Waals surface area contributed by atoms with Gasteiger partial charge in [-0.25, -0.2) is 9.97 Å². The molecule has 0 aromatic carbocycles. The summed E-state index contributed by atoms with van der Waals surface area (Å²) in [5.74, 6) is 0.315. The molecule has 24 heavy (non-hydrogen) atoms. The van der Waals surface area contributed by atoms with Gasteiger partial charge in [0.15, 0.2) is 0 Å². The Bertz CT molecular complexity index is 884. The van der Waals surface area contributed by atoms with Crippen molar-refractivity contribution in [1.82, 2.24) is 30.0 Å². The van der Waals surface area contributed by atoms with Gasteiger partial charge in [0.2, 0.25) is 5.78 Å². The Morgan fingerprint density at radius 2 is 2.33 bits per heavy atom. The number of carbonyl (C=O) groups excluding carboxylic acids is 1. The molecule has 1 aliphatic rings. The Morgan fingerprint density at radius 3 is 3.21 bits per heavy atom. The fraction of sp³-hybridized carbons (Fsp3) is 0.294. The molecule has 3 aromatic rings. The third-order valence-electron chi connectivity index (χ3n) is 4.36. The van der Waals surface area contributed by atoms with Crippen molar-refractivity contribution >= 4 is 11.7 Å². The highest BCUT2D eigenvalue weighted by molar-refractivity contribution is 5.92. The molecule has 1 amide bonds. The van der Waals surface area contributed by atoms with Crippen molar-refractivity contribution in [2.24, 2.45) is 0 Å². The quantitative estimate of drug-likeness (QED) is 0.752. The van der Waals surface area contributed by atoms with Crippen molar-refractivity contribution in [2.75, 3.05) is 6.54 Å². The predicted molar refractivity (Wildman–Crippen MR) is 88.5 cm³/mol. The van der Waals surface area contributed by atoms with Crippen molar-refractivity contribution in [2.45, 2.75) is 26.4 Å². The number of imidazole rings is 1. The number of carbonyl (C=O) groups is 1. The highest BCUT2D eigenvalue weighted by atomic mass is 16.1. The Balaban J connectivity index is 1.55. The lowest BCUT2D eigenvalue weighted by Gasteiger charge is -2.21. The second-order valence-corrected chi connectivity index (χ2v) is 5.89. The van der Waals surface area contributed by atoms with Crippen LogP contribution >= 0.6 is 0 Å². The van der Waals surface area contributed by atoms with Crippen LogP contribution in [0, 0.1) is 6.92 Å². The molecule has 122 valence electrons. The maximum absolute atomic E-state index is 12.4. The number of aromatic nitrogens is 4. The van der Waals surface area contributed by atoms with E-state index in [2.05, 4.69) is 25.6 Å². The molecule has 0 unspecified atom stereocenters. The molecule has 4 heterocycles. The molecule has 0 saturated heterocycles. The van der Waals surface area contributed by atoms with Gasteiger partial charge in [0.1, 0.15) is 5.69 Å². The van der Waals surface area contributed by atoms with E-state index >= 15 is 0 Å². The predicted octanol–water partition coefficient (Wildman–Crippen LogP) is 1.01. The smallest absolute Gasteiger partial charge is 0.271 e. The zero-order valence-electron chi connectivity index (χ0n) is 13.4. The third-order valence-corrected chi connectivity index (χ3v) is 4.36. The Labute approximate surface area is 139 Å². The van der Waals surface area contributed by atoms with Gasteiger partial charge < -0.3 is 10.6 Å². The normalized spacial score (nSPS) is 13.7. The van der Waals surface area contributed by atoms with Crippen molar-refractivity contribution in [3.05, 3.63) is 58.9 Å². The van der Waals surface area contributed by atoms with Crippen molar-refractivity contribution < 1.29 is 4.79 Å². The van der Waals surface area contributed by atoms with E-state index < -0.39 is 0 Å². The second-order valence-electron chi connectivity index (χ2n) is 5.89. The molecular weight excluding hydrogens is 304 g/mol. The summed E-state index contributed by atoms with van der Waals surface area (Å²) in [6.45, 7) is 4.23. The van der Waals surface area contributed by atoms with Gasteiger partial charge >= 0.3 is 0 Å². The first-order chi connectivity index (χ1) is 11.7. The minimum Gasteiger partial charge on any atom is -0.346 e. The largest absolute Gasteiger partial charge is 0.346 e. The average Bonchev–Trinajstić information content (AvgIpc) is 3.05. The van der Waals surface area contributed by atoms with Gasteiger partial charge in [0, 0.05) is 43.6 Å². The van der Waals surface area contributed by atoms with E-state index in [4.69, 9.17) is 0 Å². The first kappa shape index (κ1) is 14.8. The molecule has 3 aromatic heterocycles. The Morgan fingerprint density at radius 1 is 1.42 bits per heavy atom. The van der Waals surface area contributed by atoms with Gasteiger partial charge in [-0.05, 0) is 42.6 Å². The van der Waals surface area contributed by atoms with Crippen LogP contribution in [0.2, 0.25) is 0 Å². The average molecular weight is 322 g/mol. The van der Waals surface area contributed by atoms with Crippen LogP contribution in [-0.2, 0) is 19.5 Å². The molecule has 0 aliphatic carbocycles. The summed E-state index contributed by atoms with van der Waals surface area (Å²) >= 11 is 0. The summed E-state index contributed by atoms with van der Waals surface area (Å²) in [4.78, 5) is 25.3. The van der Waals surface area contributed by atoms with Crippen LogP contribution in [0.15, 0.2) is 30.9 Å². The summed E-state index contributed by atoms with van der Waals surface area (Å²) in [7, 11) is 0. The monoisotopic (exact) mass is 322 g/mol. The van der Waals surface area contributed by atoms with Crippen LogP contribution in [0.25, 0.3) is 5.78 Å². The zero-order chi connectivity index (χ0) is 16.5. The van der Waals surface area contributed by atoms with E-state index in [1.165, 1.54) is 11.1 Å². The third kappa shape index (κ3) is 2.63. The van der Waals surface area contributed by atoms with Crippen LogP contribution in [0.5, 0.6) is 0 Å². The second kappa shape index (κ2) is 6.01. The SMILES string of the molecule is Cc1ncc2c(c1CNC(=O)c1cn3cccnc3n1)CCNC2. The van der Waals surface area contributed by atoms with Gasteiger partial charge in [-0.2, -0.15) is 0 Å². The molecule has 7 heteroatoms. The van der Waals surface area contributed by atoms with Gasteiger partial charge in [-0.3, -0.25) is 14.2 Å². The molecule has 0 spiro atoms. The summed E-state index contributed by atoms with van der Waals surface area (Å²) < 4.78 is 1.73. The molecule has 2 N–H and O–H groups in total. The molecule has 1 aliphatic heterocycles. The van der Waals surface area contributed by atoms with E-state index in [9.17, 15) is 4.79 Å². The molecule has 0 bridgehead atoms. The molecule has 0 atom stereocenters. The molecule has 0 fully saturated rings. The van der Waals surface area contributed by atoms with Gasteiger partial charge in [0.05, 0.1) is 0 Å². The standard InChI is InChI=1S/C17H18N6O/c1-11-14(13-3-5-18-7-12(13)8-20-11)9-21-16(24)15-10-23-6-2-4-19-17(23)22-15/h2,4,6,8,10,18H,3,5,7,9H2,1H3,(H,21,24). The highest BCUT2D eigenvalue weighted by Gasteiger charge is 2.17. The van der Waals surface area contributed by atoms with E-state index in [0.29, 0.717) is 18.0 Å². The van der Waals surface area contributed by atoms with Crippen molar-refractivity contribution in [3.8, 4) is 0 Å². The number of hydrogen-bond donors (Lipinski definition) is 2. The lowest BCUT2D eigenvalue weighted by Crippen LogP contribution is -2.29. The number of rotatable bonds is 3. The first-order valence-electron chi connectivity index (χ1n) is 7.97. The summed E-state index contributed by atoms with van der Waals surface area (Å²) in [6, 6.07) is 1.80. The summed E-state index contributed by atoms with van der Waals surface area (Å²) in [5.41, 5.74) is 4.97. The number of nitrogens with one attached hydrogen (secondary N) is 2. The Hall–Kier alpha value is -2.80. The van der Waals surface area contributed by atoms with E-state index in [1.54, 1.807) is 22.9 Å². The van der Waals surface area contributed by atoms with Gasteiger partial charge in [0.25, 0.3) is 5.91 Å². The van der Waals surface area contributed by atoms with E-state index in [1.807, 2.05) is 19.3 Å². The topological polar surface area (TPSA) is 84.2 Å². The fourth-order valence-electron chi connectivity index (χ4n) is 3.08. The molecule has 7 nitrogen and oxygen atoms in total. The molecule has 4 rings (SSSR count). The Kier molecular flexibility index (Phi) is 3.70. The van der Waals surface area contributed by atoms with Crippen LogP contribution in [0.4, 0.5) is 0 Å². The lowest BCUT2D eigenvalue weighted by atomic mass is 9.96. The lowest BCUT2D eigenvalue weighted by molar-refractivity contribution is 0.0946. The van der Waals surface area contributed by atoms with Crippen molar-refractivity contribution in [1.29, 1.82) is 0 Å². The minimum atomic E-state index is -0.202. The number of fused-ring (bicyclic) bond motifs is 2. The van der Waals surface area contributed by atoms with Gasteiger partial charge in [-0.15, -0.1) is 0 Å². The first-order valence-corrected chi connectivity index (χ1v) is 7.97. The van der Waals surface area contributed by atoms with Crippen LogP contribution < -0.4 is 10.6 Å². The van der Waals surface area contributed by atoms with Gasteiger partial charge in [-0.1, -0.05) is 0 Å². The number of hydrogen-bond acceptors (Lipinski definition) is 5. The van der Waals surface area contributed by atoms with E-state index in [0.717, 1.165) is 30.8 Å². The summed E-state index contributed by atoms with van der Waals surface area (Å²) in [5, 5.41) is 6.31. The zero-order valence-corrected chi connectivity index (χ0v) is 13.4. The number of amides is 1. The van der Waals surface area contributed by atoms with E-state index in [-0.39, 0.29) is 5.91 Å². The maximum atomic E-state index is 12.4. The fourth-order valence-corrected chi connectivity index (χ4v) is 3.08. The number of pyridine rings is 1. The van der Waals surface area contributed by atoms with Crippen LogP contribution in [-0.4, -0.2) is 31.8 Å². The highest BCUT2D eigenvalue weighted by Crippen LogP contribution is 2.20. The minimum absolute atomic E-state index is 0.202. The van der Waals surface area contributed by atoms with Crippen LogP contribution in [0.1, 0.15) is 32.9 Å². The number of aryl methyl sites for hydroxylation is 1. The maximum Gasteiger partial charge on any atom is 0.271 e.